The smallest absolute Gasteiger partial charge is 0.253 e. The molecule has 0 aliphatic carbocycles. The van der Waals surface area contributed by atoms with Crippen LogP contribution in [0.25, 0.3) is 0 Å². The lowest BCUT2D eigenvalue weighted by Gasteiger charge is -2.21. The molecule has 2 rings (SSSR count). The molecule has 0 aliphatic rings. The minimum Gasteiger partial charge on any atom is -0.339 e. The SMILES string of the molecule is CCCN(CCC)C(=O)c1ccc(NC(=O)CNCCc2ccccc2)cc1. The highest BCUT2D eigenvalue weighted by Gasteiger charge is 2.14. The minimum atomic E-state index is -0.0919. The first-order valence-corrected chi connectivity index (χ1v) is 10.1. The van der Waals surface area contributed by atoms with Gasteiger partial charge in [0.1, 0.15) is 0 Å². The number of hydrogen-bond acceptors (Lipinski definition) is 3. The van der Waals surface area contributed by atoms with Crippen molar-refractivity contribution in [3.8, 4) is 0 Å². The summed E-state index contributed by atoms with van der Waals surface area (Å²) in [6.45, 7) is 6.68. The van der Waals surface area contributed by atoms with Crippen LogP contribution >= 0.6 is 0 Å². The fourth-order valence-electron chi connectivity index (χ4n) is 3.02. The van der Waals surface area contributed by atoms with Crippen LogP contribution in [0.4, 0.5) is 5.69 Å². The predicted molar refractivity (Wildman–Crippen MR) is 115 cm³/mol. The quantitative estimate of drug-likeness (QED) is 0.583. The van der Waals surface area contributed by atoms with Gasteiger partial charge in [-0.1, -0.05) is 44.2 Å². The standard InChI is InChI=1S/C23H31N3O2/c1-3-16-26(17-4-2)23(28)20-10-12-21(13-11-20)25-22(27)18-24-15-14-19-8-6-5-7-9-19/h5-13,24H,3-4,14-18H2,1-2H3,(H,25,27). The van der Waals surface area contributed by atoms with E-state index in [1.807, 2.05) is 23.1 Å². The molecule has 0 atom stereocenters. The molecule has 2 N–H and O–H groups in total. The first-order chi connectivity index (χ1) is 13.6. The van der Waals surface area contributed by atoms with Gasteiger partial charge in [-0.2, -0.15) is 0 Å². The maximum absolute atomic E-state index is 12.6. The van der Waals surface area contributed by atoms with Crippen molar-refractivity contribution in [3.63, 3.8) is 0 Å². The predicted octanol–water partition coefficient (Wildman–Crippen LogP) is 3.72. The molecule has 5 heteroatoms. The number of rotatable bonds is 11. The average molecular weight is 382 g/mol. The largest absolute Gasteiger partial charge is 0.339 e. The molecule has 0 fully saturated rings. The van der Waals surface area contributed by atoms with Gasteiger partial charge in [-0.3, -0.25) is 9.59 Å². The van der Waals surface area contributed by atoms with Crippen molar-refractivity contribution in [2.24, 2.45) is 0 Å². The molecule has 0 bridgehead atoms. The van der Waals surface area contributed by atoms with Gasteiger partial charge in [0.15, 0.2) is 0 Å². The third-order valence-electron chi connectivity index (χ3n) is 4.41. The Kier molecular flexibility index (Phi) is 9.22. The Balaban J connectivity index is 1.77. The zero-order valence-electron chi connectivity index (χ0n) is 16.9. The Hall–Kier alpha value is -2.66. The highest BCUT2D eigenvalue weighted by molar-refractivity contribution is 5.96. The number of benzene rings is 2. The van der Waals surface area contributed by atoms with E-state index < -0.39 is 0 Å². The highest BCUT2D eigenvalue weighted by Crippen LogP contribution is 2.12. The van der Waals surface area contributed by atoms with Gasteiger partial charge in [0.2, 0.25) is 5.91 Å². The van der Waals surface area contributed by atoms with E-state index in [-0.39, 0.29) is 18.4 Å². The van der Waals surface area contributed by atoms with Crippen molar-refractivity contribution >= 4 is 17.5 Å². The Morgan fingerprint density at radius 3 is 2.14 bits per heavy atom. The van der Waals surface area contributed by atoms with Crippen LogP contribution in [0.15, 0.2) is 54.6 Å². The van der Waals surface area contributed by atoms with Gasteiger partial charge in [0, 0.05) is 24.3 Å². The number of nitrogens with one attached hydrogen (secondary N) is 2. The first-order valence-electron chi connectivity index (χ1n) is 10.1. The zero-order valence-corrected chi connectivity index (χ0v) is 16.9. The topological polar surface area (TPSA) is 61.4 Å². The van der Waals surface area contributed by atoms with E-state index in [9.17, 15) is 9.59 Å². The van der Waals surface area contributed by atoms with Crippen LogP contribution < -0.4 is 10.6 Å². The molecule has 0 aromatic heterocycles. The van der Waals surface area contributed by atoms with E-state index in [1.165, 1.54) is 5.56 Å². The van der Waals surface area contributed by atoms with Gasteiger partial charge in [-0.15, -0.1) is 0 Å². The van der Waals surface area contributed by atoms with Crippen molar-refractivity contribution in [3.05, 3.63) is 65.7 Å². The summed E-state index contributed by atoms with van der Waals surface area (Å²) in [7, 11) is 0. The number of hydrogen-bond donors (Lipinski definition) is 2. The van der Waals surface area contributed by atoms with Crippen molar-refractivity contribution < 1.29 is 9.59 Å². The molecule has 28 heavy (non-hydrogen) atoms. The monoisotopic (exact) mass is 381 g/mol. The third kappa shape index (κ3) is 7.16. The second kappa shape index (κ2) is 11.9. The molecule has 150 valence electrons. The van der Waals surface area contributed by atoms with Crippen LogP contribution in [-0.4, -0.2) is 42.9 Å². The van der Waals surface area contributed by atoms with Crippen LogP contribution in [-0.2, 0) is 11.2 Å². The number of anilines is 1. The number of nitrogens with zero attached hydrogens (tertiary/aromatic N) is 1. The van der Waals surface area contributed by atoms with Gasteiger partial charge in [0.05, 0.1) is 6.54 Å². The maximum Gasteiger partial charge on any atom is 0.253 e. The number of carbonyl (C=O) groups is 2. The lowest BCUT2D eigenvalue weighted by molar-refractivity contribution is -0.115. The molecular weight excluding hydrogens is 350 g/mol. The molecule has 0 saturated carbocycles. The second-order valence-electron chi connectivity index (χ2n) is 6.83. The van der Waals surface area contributed by atoms with E-state index in [0.717, 1.165) is 38.9 Å². The number of amides is 2. The molecule has 2 amide bonds. The van der Waals surface area contributed by atoms with Crippen molar-refractivity contribution in [1.29, 1.82) is 0 Å². The van der Waals surface area contributed by atoms with E-state index in [1.54, 1.807) is 24.3 Å². The molecular formula is C23H31N3O2. The van der Waals surface area contributed by atoms with E-state index in [2.05, 4.69) is 36.6 Å². The fourth-order valence-corrected chi connectivity index (χ4v) is 3.02. The summed E-state index contributed by atoms with van der Waals surface area (Å²) in [6.07, 6.45) is 2.77. The Morgan fingerprint density at radius 2 is 1.54 bits per heavy atom. The third-order valence-corrected chi connectivity index (χ3v) is 4.41. The Bertz CT molecular complexity index is 723. The van der Waals surface area contributed by atoms with Crippen molar-refractivity contribution in [1.82, 2.24) is 10.2 Å². The zero-order chi connectivity index (χ0) is 20.2. The van der Waals surface area contributed by atoms with Crippen LogP contribution in [0.2, 0.25) is 0 Å². The molecule has 0 heterocycles. The summed E-state index contributed by atoms with van der Waals surface area (Å²) in [5, 5.41) is 6.01. The summed E-state index contributed by atoms with van der Waals surface area (Å²) >= 11 is 0. The molecule has 5 nitrogen and oxygen atoms in total. The molecule has 2 aromatic rings. The van der Waals surface area contributed by atoms with Gasteiger partial charge in [-0.25, -0.2) is 0 Å². The molecule has 0 radical (unpaired) electrons. The fraction of sp³-hybridized carbons (Fsp3) is 0.391. The summed E-state index contributed by atoms with van der Waals surface area (Å²) in [4.78, 5) is 26.5. The minimum absolute atomic E-state index is 0.0455. The molecule has 0 aliphatic heterocycles. The lowest BCUT2D eigenvalue weighted by Crippen LogP contribution is -2.32. The average Bonchev–Trinajstić information content (AvgIpc) is 2.72. The Labute approximate surface area is 168 Å². The Morgan fingerprint density at radius 1 is 0.893 bits per heavy atom. The first kappa shape index (κ1) is 21.6. The van der Waals surface area contributed by atoms with Crippen LogP contribution in [0.3, 0.4) is 0 Å². The van der Waals surface area contributed by atoms with Gasteiger partial charge < -0.3 is 15.5 Å². The van der Waals surface area contributed by atoms with E-state index >= 15 is 0 Å². The summed E-state index contributed by atoms with van der Waals surface area (Å²) in [5.41, 5.74) is 2.60. The van der Waals surface area contributed by atoms with Gasteiger partial charge in [0.25, 0.3) is 5.91 Å². The summed E-state index contributed by atoms with van der Waals surface area (Å²) in [5.74, 6) is -0.0464. The molecule has 0 saturated heterocycles. The van der Waals surface area contributed by atoms with Gasteiger partial charge >= 0.3 is 0 Å². The summed E-state index contributed by atoms with van der Waals surface area (Å²) < 4.78 is 0. The van der Waals surface area contributed by atoms with E-state index in [4.69, 9.17) is 0 Å². The van der Waals surface area contributed by atoms with Crippen LogP contribution in [0.1, 0.15) is 42.6 Å². The van der Waals surface area contributed by atoms with Crippen molar-refractivity contribution in [2.75, 3.05) is 31.5 Å². The number of carbonyl (C=O) groups excluding carboxylic acids is 2. The lowest BCUT2D eigenvalue weighted by atomic mass is 10.1. The van der Waals surface area contributed by atoms with Gasteiger partial charge in [-0.05, 0) is 55.6 Å². The summed E-state index contributed by atoms with van der Waals surface area (Å²) in [6, 6.07) is 17.3. The van der Waals surface area contributed by atoms with E-state index in [0.29, 0.717) is 11.3 Å². The van der Waals surface area contributed by atoms with Crippen molar-refractivity contribution in [2.45, 2.75) is 33.1 Å². The normalized spacial score (nSPS) is 10.5. The molecule has 0 spiro atoms. The maximum atomic E-state index is 12.6. The second-order valence-corrected chi connectivity index (χ2v) is 6.83. The highest BCUT2D eigenvalue weighted by atomic mass is 16.2. The molecule has 0 unspecified atom stereocenters. The molecule has 2 aromatic carbocycles. The van der Waals surface area contributed by atoms with Crippen LogP contribution in [0.5, 0.6) is 0 Å². The van der Waals surface area contributed by atoms with Crippen LogP contribution in [0, 0.1) is 0 Å².